The molecule has 1 unspecified atom stereocenters. The molecule has 0 aliphatic rings. The Bertz CT molecular complexity index is 1060. The highest BCUT2D eigenvalue weighted by atomic mass is 32.2. The van der Waals surface area contributed by atoms with Crippen LogP contribution in [-0.4, -0.2) is 14.3 Å². The van der Waals surface area contributed by atoms with Gasteiger partial charge in [0.1, 0.15) is 0 Å². The first-order chi connectivity index (χ1) is 12.3. The van der Waals surface area contributed by atoms with Crippen molar-refractivity contribution in [3.05, 3.63) is 77.9 Å². The number of amides is 1. The van der Waals surface area contributed by atoms with Gasteiger partial charge in [0.15, 0.2) is 0 Å². The Kier molecular flexibility index (Phi) is 5.06. The van der Waals surface area contributed by atoms with Gasteiger partial charge in [-0.15, -0.1) is 0 Å². The van der Waals surface area contributed by atoms with Crippen LogP contribution in [0.25, 0.3) is 10.8 Å². The van der Waals surface area contributed by atoms with Gasteiger partial charge in [0, 0.05) is 0 Å². The van der Waals surface area contributed by atoms with E-state index in [1.165, 1.54) is 12.1 Å². The summed E-state index contributed by atoms with van der Waals surface area (Å²) in [5.41, 5.74) is 1.61. The molecule has 0 heterocycles. The molecule has 1 amide bonds. The van der Waals surface area contributed by atoms with Crippen LogP contribution in [0.15, 0.2) is 71.6 Å². The van der Waals surface area contributed by atoms with Crippen LogP contribution in [0.3, 0.4) is 0 Å². The average molecular weight is 368 g/mol. The van der Waals surface area contributed by atoms with Gasteiger partial charge in [-0.05, 0) is 41.0 Å². The monoisotopic (exact) mass is 368 g/mol. The van der Waals surface area contributed by atoms with E-state index in [9.17, 15) is 13.2 Å². The lowest BCUT2D eigenvalue weighted by Gasteiger charge is -2.15. The predicted octanol–water partition coefficient (Wildman–Crippen LogP) is 2.91. The van der Waals surface area contributed by atoms with Crippen molar-refractivity contribution in [2.45, 2.75) is 24.3 Å². The second-order valence-electron chi connectivity index (χ2n) is 6.26. The van der Waals surface area contributed by atoms with Crippen LogP contribution in [-0.2, 0) is 21.2 Å². The molecule has 0 bridgehead atoms. The molecular formula is C20H20N2O3S. The van der Waals surface area contributed by atoms with Crippen molar-refractivity contribution in [2.24, 2.45) is 5.14 Å². The molecular weight excluding hydrogens is 348 g/mol. The van der Waals surface area contributed by atoms with Crippen molar-refractivity contribution in [1.82, 2.24) is 5.32 Å². The number of primary sulfonamides is 1. The number of hydrogen-bond donors (Lipinski definition) is 2. The smallest absolute Gasteiger partial charge is 0.238 e. The minimum absolute atomic E-state index is 0.0330. The normalized spacial score (nSPS) is 12.7. The summed E-state index contributed by atoms with van der Waals surface area (Å²) in [6, 6.07) is 19.9. The van der Waals surface area contributed by atoms with E-state index < -0.39 is 10.0 Å². The van der Waals surface area contributed by atoms with Gasteiger partial charge in [0.05, 0.1) is 17.4 Å². The molecule has 0 fully saturated rings. The zero-order valence-corrected chi connectivity index (χ0v) is 15.2. The van der Waals surface area contributed by atoms with Crippen molar-refractivity contribution in [1.29, 1.82) is 0 Å². The van der Waals surface area contributed by atoms with E-state index in [4.69, 9.17) is 5.14 Å². The molecule has 0 aromatic heterocycles. The number of fused-ring (bicyclic) bond motifs is 1. The molecule has 6 heteroatoms. The second kappa shape index (κ2) is 7.27. The Morgan fingerprint density at radius 2 is 1.73 bits per heavy atom. The summed E-state index contributed by atoms with van der Waals surface area (Å²) in [6.45, 7) is 1.81. The summed E-state index contributed by atoms with van der Waals surface area (Å²) >= 11 is 0. The number of nitrogens with two attached hydrogens (primary N) is 1. The number of carbonyl (C=O) groups excluding carboxylic acids is 1. The van der Waals surface area contributed by atoms with E-state index in [-0.39, 0.29) is 23.3 Å². The minimum Gasteiger partial charge on any atom is -0.349 e. The highest BCUT2D eigenvalue weighted by molar-refractivity contribution is 7.89. The SMILES string of the molecule is CC(NC(=O)Cc1ccc2ccccc2c1)c1cccc(S(N)(=O)=O)c1. The summed E-state index contributed by atoms with van der Waals surface area (Å²) in [5.74, 6) is -0.131. The van der Waals surface area contributed by atoms with Crippen molar-refractivity contribution in [2.75, 3.05) is 0 Å². The van der Waals surface area contributed by atoms with Crippen molar-refractivity contribution in [3.8, 4) is 0 Å². The number of hydrogen-bond acceptors (Lipinski definition) is 3. The van der Waals surface area contributed by atoms with E-state index in [1.54, 1.807) is 19.1 Å². The lowest BCUT2D eigenvalue weighted by atomic mass is 10.0. The molecule has 0 aliphatic carbocycles. The number of benzene rings is 3. The quantitative estimate of drug-likeness (QED) is 0.726. The number of rotatable bonds is 5. The molecule has 26 heavy (non-hydrogen) atoms. The first-order valence-corrected chi connectivity index (χ1v) is 9.77. The fourth-order valence-electron chi connectivity index (χ4n) is 2.87. The van der Waals surface area contributed by atoms with Crippen molar-refractivity contribution >= 4 is 26.7 Å². The van der Waals surface area contributed by atoms with E-state index in [0.717, 1.165) is 16.3 Å². The van der Waals surface area contributed by atoms with Gasteiger partial charge in [0.2, 0.25) is 15.9 Å². The molecule has 134 valence electrons. The van der Waals surface area contributed by atoms with E-state index in [2.05, 4.69) is 5.32 Å². The molecule has 5 nitrogen and oxygen atoms in total. The first kappa shape index (κ1) is 18.1. The third kappa shape index (κ3) is 4.28. The van der Waals surface area contributed by atoms with E-state index in [0.29, 0.717) is 5.56 Å². The first-order valence-electron chi connectivity index (χ1n) is 8.23. The van der Waals surface area contributed by atoms with Crippen LogP contribution in [0.1, 0.15) is 24.1 Å². The summed E-state index contributed by atoms with van der Waals surface area (Å²) in [5, 5.41) is 10.3. The summed E-state index contributed by atoms with van der Waals surface area (Å²) in [6.07, 6.45) is 0.254. The topological polar surface area (TPSA) is 89.3 Å². The fraction of sp³-hybridized carbons (Fsp3) is 0.150. The van der Waals surface area contributed by atoms with Gasteiger partial charge < -0.3 is 5.32 Å². The molecule has 3 aromatic carbocycles. The molecule has 3 rings (SSSR count). The van der Waals surface area contributed by atoms with E-state index >= 15 is 0 Å². The van der Waals surface area contributed by atoms with Crippen LogP contribution < -0.4 is 10.5 Å². The predicted molar refractivity (Wildman–Crippen MR) is 102 cm³/mol. The number of carbonyl (C=O) groups is 1. The highest BCUT2D eigenvalue weighted by Gasteiger charge is 2.14. The molecule has 1 atom stereocenters. The Morgan fingerprint density at radius 1 is 1.00 bits per heavy atom. The zero-order chi connectivity index (χ0) is 18.7. The molecule has 0 aliphatic heterocycles. The number of sulfonamides is 1. The lowest BCUT2D eigenvalue weighted by molar-refractivity contribution is -0.121. The summed E-state index contributed by atoms with van der Waals surface area (Å²) in [7, 11) is -3.77. The van der Waals surface area contributed by atoms with Crippen LogP contribution >= 0.6 is 0 Å². The molecule has 0 saturated carbocycles. The second-order valence-corrected chi connectivity index (χ2v) is 7.83. The van der Waals surface area contributed by atoms with Crippen LogP contribution in [0.5, 0.6) is 0 Å². The van der Waals surface area contributed by atoms with Crippen LogP contribution in [0.2, 0.25) is 0 Å². The Hall–Kier alpha value is -2.70. The maximum absolute atomic E-state index is 12.4. The van der Waals surface area contributed by atoms with Gasteiger partial charge in [-0.2, -0.15) is 0 Å². The van der Waals surface area contributed by atoms with Gasteiger partial charge in [-0.3, -0.25) is 4.79 Å². The largest absolute Gasteiger partial charge is 0.349 e. The fourth-order valence-corrected chi connectivity index (χ4v) is 3.44. The van der Waals surface area contributed by atoms with Crippen molar-refractivity contribution < 1.29 is 13.2 Å². The Labute approximate surface area is 152 Å². The van der Waals surface area contributed by atoms with Gasteiger partial charge >= 0.3 is 0 Å². The van der Waals surface area contributed by atoms with Gasteiger partial charge in [0.25, 0.3) is 0 Å². The van der Waals surface area contributed by atoms with Crippen LogP contribution in [0.4, 0.5) is 0 Å². The number of nitrogens with one attached hydrogen (secondary N) is 1. The Morgan fingerprint density at radius 3 is 2.46 bits per heavy atom. The molecule has 0 spiro atoms. The third-order valence-electron chi connectivity index (χ3n) is 4.24. The van der Waals surface area contributed by atoms with Crippen LogP contribution in [0, 0.1) is 0 Å². The van der Waals surface area contributed by atoms with Crippen molar-refractivity contribution in [3.63, 3.8) is 0 Å². The maximum atomic E-state index is 12.4. The highest BCUT2D eigenvalue weighted by Crippen LogP contribution is 2.18. The third-order valence-corrected chi connectivity index (χ3v) is 5.15. The van der Waals surface area contributed by atoms with Gasteiger partial charge in [-0.25, -0.2) is 13.6 Å². The molecule has 0 radical (unpaired) electrons. The molecule has 3 aromatic rings. The minimum atomic E-state index is -3.77. The van der Waals surface area contributed by atoms with Gasteiger partial charge in [-0.1, -0.05) is 54.6 Å². The Balaban J connectivity index is 1.71. The zero-order valence-electron chi connectivity index (χ0n) is 14.3. The lowest BCUT2D eigenvalue weighted by Crippen LogP contribution is -2.28. The summed E-state index contributed by atoms with van der Waals surface area (Å²) < 4.78 is 22.9. The molecule has 3 N–H and O–H groups in total. The van der Waals surface area contributed by atoms with E-state index in [1.807, 2.05) is 42.5 Å². The average Bonchev–Trinajstić information content (AvgIpc) is 2.61. The standard InChI is InChI=1S/C20H20N2O3S/c1-14(17-7-4-8-19(13-17)26(21,24)25)22-20(23)12-15-9-10-16-5-2-3-6-18(16)11-15/h2-11,13-14H,12H2,1H3,(H,22,23)(H2,21,24,25). The summed E-state index contributed by atoms with van der Waals surface area (Å²) in [4.78, 5) is 12.4. The maximum Gasteiger partial charge on any atom is 0.238 e. The molecule has 0 saturated heterocycles.